The van der Waals surface area contributed by atoms with Crippen molar-refractivity contribution in [3.05, 3.63) is 29.6 Å². The Morgan fingerprint density at radius 2 is 2.22 bits per heavy atom. The summed E-state index contributed by atoms with van der Waals surface area (Å²) in [6.45, 7) is 3.22. The van der Waals surface area contributed by atoms with Crippen LogP contribution < -0.4 is 0 Å². The molecule has 4 nitrogen and oxygen atoms in total. The predicted molar refractivity (Wildman–Crippen MR) is 63.8 cm³/mol. The Kier molecular flexibility index (Phi) is 3.52. The third-order valence-electron chi connectivity index (χ3n) is 3.44. The second-order valence-corrected chi connectivity index (χ2v) is 4.80. The van der Waals surface area contributed by atoms with Gasteiger partial charge in [-0.25, -0.2) is 4.39 Å². The quantitative estimate of drug-likeness (QED) is 0.861. The fraction of sp³-hybridized carbons (Fsp3) is 0.462. The zero-order valence-corrected chi connectivity index (χ0v) is 10.1. The summed E-state index contributed by atoms with van der Waals surface area (Å²) < 4.78 is 13.1. The molecule has 0 amide bonds. The van der Waals surface area contributed by atoms with Crippen LogP contribution in [0, 0.1) is 11.7 Å². The van der Waals surface area contributed by atoms with Gasteiger partial charge in [0.05, 0.1) is 6.42 Å². The molecule has 0 radical (unpaired) electrons. The van der Waals surface area contributed by atoms with Crippen molar-refractivity contribution in [2.75, 3.05) is 13.1 Å². The van der Waals surface area contributed by atoms with E-state index in [2.05, 4.69) is 0 Å². The molecule has 0 aromatic heterocycles. The number of phenolic OH excluding ortho intramolecular Hbond substituents is 1. The Bertz CT molecular complexity index is 458. The second kappa shape index (κ2) is 4.94. The largest absolute Gasteiger partial charge is 0.508 e. The van der Waals surface area contributed by atoms with Gasteiger partial charge >= 0.3 is 5.97 Å². The van der Waals surface area contributed by atoms with Crippen LogP contribution in [0.1, 0.15) is 24.9 Å². The van der Waals surface area contributed by atoms with Gasteiger partial charge < -0.3 is 10.2 Å². The third kappa shape index (κ3) is 2.61. The Hall–Kier alpha value is -1.62. The van der Waals surface area contributed by atoms with E-state index in [1.165, 1.54) is 18.2 Å². The minimum atomic E-state index is -0.791. The molecule has 1 aliphatic rings. The molecule has 0 aliphatic carbocycles. The lowest BCUT2D eigenvalue weighted by atomic mass is 9.92. The highest BCUT2D eigenvalue weighted by atomic mass is 19.1. The summed E-state index contributed by atoms with van der Waals surface area (Å²) >= 11 is 0. The van der Waals surface area contributed by atoms with E-state index in [9.17, 15) is 14.3 Å². The molecule has 18 heavy (non-hydrogen) atoms. The standard InChI is InChI=1S/C13H16FNO3/c1-8(11-5-10(14)2-3-12(11)16)15-6-9(7-15)4-13(17)18/h2-3,5,8-9,16H,4,6-7H2,1H3,(H,17,18). The number of aromatic hydroxyl groups is 1. The van der Waals surface area contributed by atoms with Gasteiger partial charge in [0.2, 0.25) is 0 Å². The summed E-state index contributed by atoms with van der Waals surface area (Å²) in [6.07, 6.45) is 0.165. The van der Waals surface area contributed by atoms with Crippen molar-refractivity contribution in [1.82, 2.24) is 4.90 Å². The monoisotopic (exact) mass is 253 g/mol. The van der Waals surface area contributed by atoms with Gasteiger partial charge in [0.1, 0.15) is 11.6 Å². The van der Waals surface area contributed by atoms with Crippen LogP contribution in [0.25, 0.3) is 0 Å². The van der Waals surface area contributed by atoms with Crippen LogP contribution in [0.2, 0.25) is 0 Å². The number of rotatable bonds is 4. The van der Waals surface area contributed by atoms with Crippen molar-refractivity contribution in [3.8, 4) is 5.75 Å². The van der Waals surface area contributed by atoms with Gasteiger partial charge in [-0.3, -0.25) is 9.69 Å². The number of benzene rings is 1. The molecule has 2 N–H and O–H groups in total. The van der Waals surface area contributed by atoms with Gasteiger partial charge in [-0.2, -0.15) is 0 Å². The molecule has 0 saturated carbocycles. The first-order chi connectivity index (χ1) is 8.47. The lowest BCUT2D eigenvalue weighted by molar-refractivity contribution is -0.139. The first-order valence-electron chi connectivity index (χ1n) is 5.91. The van der Waals surface area contributed by atoms with E-state index in [0.717, 1.165) is 0 Å². The first kappa shape index (κ1) is 12.8. The Morgan fingerprint density at radius 3 is 2.83 bits per heavy atom. The number of phenols is 1. The number of carboxylic acids is 1. The highest BCUT2D eigenvalue weighted by Gasteiger charge is 2.33. The summed E-state index contributed by atoms with van der Waals surface area (Å²) in [5.74, 6) is -0.940. The van der Waals surface area contributed by atoms with E-state index in [1.807, 2.05) is 11.8 Å². The zero-order valence-electron chi connectivity index (χ0n) is 10.1. The summed E-state index contributed by atoms with van der Waals surface area (Å²) in [5.41, 5.74) is 0.545. The van der Waals surface area contributed by atoms with E-state index in [4.69, 9.17) is 5.11 Å². The van der Waals surface area contributed by atoms with Crippen LogP contribution in [-0.4, -0.2) is 34.2 Å². The molecule has 1 heterocycles. The fourth-order valence-electron chi connectivity index (χ4n) is 2.36. The minimum absolute atomic E-state index is 0.0746. The topological polar surface area (TPSA) is 60.8 Å². The maximum absolute atomic E-state index is 13.1. The van der Waals surface area contributed by atoms with Crippen molar-refractivity contribution in [1.29, 1.82) is 0 Å². The van der Waals surface area contributed by atoms with E-state index in [-0.39, 0.29) is 29.9 Å². The number of carboxylic acid groups (broad SMARTS) is 1. The number of hydrogen-bond acceptors (Lipinski definition) is 3. The molecule has 1 unspecified atom stereocenters. The number of carbonyl (C=O) groups is 1. The molecule has 1 saturated heterocycles. The van der Waals surface area contributed by atoms with Crippen LogP contribution in [0.4, 0.5) is 4.39 Å². The Balaban J connectivity index is 1.99. The maximum atomic E-state index is 13.1. The first-order valence-corrected chi connectivity index (χ1v) is 5.91. The number of nitrogens with zero attached hydrogens (tertiary/aromatic N) is 1. The van der Waals surface area contributed by atoms with Crippen LogP contribution in [0.15, 0.2) is 18.2 Å². The number of halogens is 1. The Morgan fingerprint density at radius 1 is 1.56 bits per heavy atom. The molecule has 98 valence electrons. The van der Waals surface area contributed by atoms with Crippen molar-refractivity contribution in [2.45, 2.75) is 19.4 Å². The van der Waals surface area contributed by atoms with Crippen LogP contribution in [0.3, 0.4) is 0 Å². The van der Waals surface area contributed by atoms with E-state index < -0.39 is 5.97 Å². The lowest BCUT2D eigenvalue weighted by Gasteiger charge is -2.43. The number of likely N-dealkylation sites (tertiary alicyclic amines) is 1. The summed E-state index contributed by atoms with van der Waals surface area (Å²) in [5, 5.41) is 18.4. The molecule has 1 aromatic rings. The van der Waals surface area contributed by atoms with Gasteiger partial charge in [0.25, 0.3) is 0 Å². The summed E-state index contributed by atoms with van der Waals surface area (Å²) in [6, 6.07) is 3.78. The van der Waals surface area contributed by atoms with Crippen molar-refractivity contribution in [3.63, 3.8) is 0 Å². The molecular formula is C13H16FNO3. The van der Waals surface area contributed by atoms with E-state index in [0.29, 0.717) is 18.7 Å². The molecule has 1 aromatic carbocycles. The fourth-order valence-corrected chi connectivity index (χ4v) is 2.36. The van der Waals surface area contributed by atoms with Crippen LogP contribution in [0.5, 0.6) is 5.75 Å². The average molecular weight is 253 g/mol. The van der Waals surface area contributed by atoms with E-state index in [1.54, 1.807) is 0 Å². The molecule has 0 spiro atoms. The number of aliphatic carboxylic acids is 1. The summed E-state index contributed by atoms with van der Waals surface area (Å²) in [7, 11) is 0. The average Bonchev–Trinajstić information content (AvgIpc) is 2.25. The summed E-state index contributed by atoms with van der Waals surface area (Å²) in [4.78, 5) is 12.6. The van der Waals surface area contributed by atoms with Crippen LogP contribution in [-0.2, 0) is 4.79 Å². The second-order valence-electron chi connectivity index (χ2n) is 4.80. The highest BCUT2D eigenvalue weighted by Crippen LogP contribution is 2.34. The van der Waals surface area contributed by atoms with Gasteiger partial charge in [-0.05, 0) is 31.0 Å². The molecule has 5 heteroatoms. The highest BCUT2D eigenvalue weighted by molar-refractivity contribution is 5.67. The number of hydrogen-bond donors (Lipinski definition) is 2. The van der Waals surface area contributed by atoms with Crippen molar-refractivity contribution >= 4 is 5.97 Å². The van der Waals surface area contributed by atoms with E-state index >= 15 is 0 Å². The van der Waals surface area contributed by atoms with Gasteiger partial charge in [0.15, 0.2) is 0 Å². The molecule has 1 atom stereocenters. The molecule has 1 fully saturated rings. The molecule has 2 rings (SSSR count). The minimum Gasteiger partial charge on any atom is -0.508 e. The zero-order chi connectivity index (χ0) is 13.3. The molecular weight excluding hydrogens is 237 g/mol. The van der Waals surface area contributed by atoms with Crippen molar-refractivity contribution < 1.29 is 19.4 Å². The third-order valence-corrected chi connectivity index (χ3v) is 3.44. The normalized spacial score (nSPS) is 18.3. The van der Waals surface area contributed by atoms with Crippen molar-refractivity contribution in [2.24, 2.45) is 5.92 Å². The van der Waals surface area contributed by atoms with Crippen LogP contribution >= 0.6 is 0 Å². The maximum Gasteiger partial charge on any atom is 0.303 e. The Labute approximate surface area is 105 Å². The van der Waals surface area contributed by atoms with Gasteiger partial charge in [0, 0.05) is 24.7 Å². The predicted octanol–water partition coefficient (Wildman–Crippen LogP) is 2.00. The molecule has 1 aliphatic heterocycles. The van der Waals surface area contributed by atoms with Gasteiger partial charge in [-0.15, -0.1) is 0 Å². The lowest BCUT2D eigenvalue weighted by Crippen LogP contribution is -2.48. The molecule has 0 bridgehead atoms. The smallest absolute Gasteiger partial charge is 0.303 e. The van der Waals surface area contributed by atoms with Gasteiger partial charge in [-0.1, -0.05) is 0 Å². The SMILES string of the molecule is CC(c1cc(F)ccc1O)N1CC(CC(=O)O)C1.